The molecule has 0 aromatic heterocycles. The molecule has 21 heavy (non-hydrogen) atoms. The van der Waals surface area contributed by atoms with Crippen molar-refractivity contribution < 1.29 is 19.6 Å². The van der Waals surface area contributed by atoms with E-state index in [1.165, 1.54) is 28.8 Å². The fraction of sp³-hybridized carbons (Fsp3) is 0.385. The molecule has 1 heterocycles. The smallest absolute Gasteiger partial charge is 0.327 e. The van der Waals surface area contributed by atoms with Crippen molar-refractivity contribution in [1.82, 2.24) is 4.90 Å². The van der Waals surface area contributed by atoms with E-state index in [-0.39, 0.29) is 22.4 Å². The van der Waals surface area contributed by atoms with Crippen LogP contribution in [0.15, 0.2) is 18.2 Å². The van der Waals surface area contributed by atoms with Gasteiger partial charge in [-0.3, -0.25) is 14.9 Å². The van der Waals surface area contributed by atoms with Gasteiger partial charge < -0.3 is 10.0 Å². The first-order valence-corrected chi connectivity index (χ1v) is 7.30. The maximum absolute atomic E-state index is 12.6. The zero-order valence-electron chi connectivity index (χ0n) is 11.5. The second kappa shape index (κ2) is 5.72. The van der Waals surface area contributed by atoms with E-state index in [9.17, 15) is 24.8 Å². The summed E-state index contributed by atoms with van der Waals surface area (Å²) in [6.45, 7) is 3.44. The van der Waals surface area contributed by atoms with Gasteiger partial charge in [-0.25, -0.2) is 4.79 Å². The molecule has 112 valence electrons. The SMILES string of the molecule is Cc1ccc([N+](=O)[O-])c(C(=O)N2C(C)SCC2C(=O)O)c1. The molecule has 1 aromatic carbocycles. The Morgan fingerprint density at radius 3 is 2.71 bits per heavy atom. The number of carboxylic acids is 1. The summed E-state index contributed by atoms with van der Waals surface area (Å²) in [6, 6.07) is 3.28. The Balaban J connectivity index is 2.46. The van der Waals surface area contributed by atoms with E-state index < -0.39 is 22.8 Å². The Bertz CT molecular complexity index is 619. The molecule has 8 heteroatoms. The second-order valence-corrected chi connectivity index (χ2v) is 6.13. The number of rotatable bonds is 3. The third kappa shape index (κ3) is 2.85. The maximum Gasteiger partial charge on any atom is 0.327 e. The van der Waals surface area contributed by atoms with Gasteiger partial charge in [-0.15, -0.1) is 11.8 Å². The largest absolute Gasteiger partial charge is 0.480 e. The van der Waals surface area contributed by atoms with Crippen molar-refractivity contribution in [3.63, 3.8) is 0 Å². The van der Waals surface area contributed by atoms with E-state index in [1.54, 1.807) is 19.9 Å². The summed E-state index contributed by atoms with van der Waals surface area (Å²) >= 11 is 1.34. The van der Waals surface area contributed by atoms with Crippen LogP contribution >= 0.6 is 11.8 Å². The fourth-order valence-corrected chi connectivity index (χ4v) is 3.43. The summed E-state index contributed by atoms with van der Waals surface area (Å²) in [5.74, 6) is -1.44. The molecule has 2 unspecified atom stereocenters. The molecule has 0 spiro atoms. The molecule has 0 radical (unpaired) electrons. The van der Waals surface area contributed by atoms with Gasteiger partial charge in [-0.2, -0.15) is 0 Å². The summed E-state index contributed by atoms with van der Waals surface area (Å²) in [6.07, 6.45) is 0. The Hall–Kier alpha value is -2.09. The van der Waals surface area contributed by atoms with E-state index in [0.717, 1.165) is 0 Å². The van der Waals surface area contributed by atoms with Crippen molar-refractivity contribution in [2.75, 3.05) is 5.75 Å². The standard InChI is InChI=1S/C13H14N2O5S/c1-7-3-4-10(15(19)20)9(5-7)12(16)14-8(2)21-6-11(14)13(17)18/h3-5,8,11H,6H2,1-2H3,(H,17,18). The number of nitro groups is 1. The monoisotopic (exact) mass is 310 g/mol. The lowest BCUT2D eigenvalue weighted by atomic mass is 10.1. The lowest BCUT2D eigenvalue weighted by molar-refractivity contribution is -0.385. The number of carboxylic acid groups (broad SMARTS) is 1. The second-order valence-electron chi connectivity index (χ2n) is 4.78. The van der Waals surface area contributed by atoms with Crippen LogP contribution in [0.1, 0.15) is 22.8 Å². The Morgan fingerprint density at radius 2 is 2.14 bits per heavy atom. The quantitative estimate of drug-likeness (QED) is 0.676. The highest BCUT2D eigenvalue weighted by molar-refractivity contribution is 8.00. The first-order chi connectivity index (χ1) is 9.82. The van der Waals surface area contributed by atoms with E-state index >= 15 is 0 Å². The summed E-state index contributed by atoms with van der Waals surface area (Å²) < 4.78 is 0. The predicted octanol–water partition coefficient (Wildman–Crippen LogP) is 1.89. The average molecular weight is 310 g/mol. The van der Waals surface area contributed by atoms with Crippen LogP contribution in [0.4, 0.5) is 5.69 Å². The minimum atomic E-state index is -1.10. The van der Waals surface area contributed by atoms with Crippen LogP contribution in [0, 0.1) is 17.0 Å². The lowest BCUT2D eigenvalue weighted by Crippen LogP contribution is -2.44. The lowest BCUT2D eigenvalue weighted by Gasteiger charge is -2.25. The minimum Gasteiger partial charge on any atom is -0.480 e. The number of nitro benzene ring substituents is 1. The van der Waals surface area contributed by atoms with Crippen LogP contribution < -0.4 is 0 Å². The fourth-order valence-electron chi connectivity index (χ4n) is 2.26. The predicted molar refractivity (Wildman–Crippen MR) is 77.3 cm³/mol. The Morgan fingerprint density at radius 1 is 1.48 bits per heavy atom. The normalized spacial score (nSPS) is 21.3. The van der Waals surface area contributed by atoms with Crippen molar-refractivity contribution in [1.29, 1.82) is 0 Å². The van der Waals surface area contributed by atoms with E-state index in [2.05, 4.69) is 0 Å². The van der Waals surface area contributed by atoms with Gasteiger partial charge in [0, 0.05) is 11.8 Å². The van der Waals surface area contributed by atoms with Crippen molar-refractivity contribution in [3.05, 3.63) is 39.4 Å². The van der Waals surface area contributed by atoms with Crippen molar-refractivity contribution >= 4 is 29.3 Å². The zero-order chi connectivity index (χ0) is 15.7. The number of hydrogen-bond donors (Lipinski definition) is 1. The molecule has 1 aliphatic heterocycles. The van der Waals surface area contributed by atoms with Crippen LogP contribution in [-0.2, 0) is 4.79 Å². The Labute approximate surface area is 125 Å². The molecular weight excluding hydrogens is 296 g/mol. The zero-order valence-corrected chi connectivity index (χ0v) is 12.3. The van der Waals surface area contributed by atoms with E-state index in [4.69, 9.17) is 0 Å². The van der Waals surface area contributed by atoms with Gasteiger partial charge in [-0.05, 0) is 25.5 Å². The van der Waals surface area contributed by atoms with Gasteiger partial charge in [0.25, 0.3) is 11.6 Å². The van der Waals surface area contributed by atoms with Crippen LogP contribution in [0.2, 0.25) is 0 Å². The minimum absolute atomic E-state index is 0.0689. The summed E-state index contributed by atoms with van der Waals surface area (Å²) in [5, 5.41) is 19.9. The molecule has 2 rings (SSSR count). The number of aliphatic carboxylic acids is 1. The molecule has 0 bridgehead atoms. The van der Waals surface area contributed by atoms with Crippen LogP contribution in [0.5, 0.6) is 0 Å². The molecule has 1 saturated heterocycles. The number of carbonyl (C=O) groups excluding carboxylic acids is 1. The molecule has 0 saturated carbocycles. The molecule has 1 aromatic rings. The number of carbonyl (C=O) groups is 2. The first-order valence-electron chi connectivity index (χ1n) is 6.25. The number of benzene rings is 1. The van der Waals surface area contributed by atoms with Crippen LogP contribution in [0.3, 0.4) is 0 Å². The molecule has 7 nitrogen and oxygen atoms in total. The number of nitrogens with zero attached hydrogens (tertiary/aromatic N) is 2. The molecule has 2 atom stereocenters. The van der Waals surface area contributed by atoms with E-state index in [1.807, 2.05) is 0 Å². The highest BCUT2D eigenvalue weighted by Gasteiger charge is 2.41. The molecule has 1 N–H and O–H groups in total. The topological polar surface area (TPSA) is 101 Å². The van der Waals surface area contributed by atoms with Crippen LogP contribution in [0.25, 0.3) is 0 Å². The molecule has 1 amide bonds. The van der Waals surface area contributed by atoms with E-state index in [0.29, 0.717) is 5.56 Å². The molecule has 1 fully saturated rings. The number of aryl methyl sites for hydroxylation is 1. The number of hydrogen-bond acceptors (Lipinski definition) is 5. The van der Waals surface area contributed by atoms with Crippen molar-refractivity contribution in [2.45, 2.75) is 25.3 Å². The Kier molecular flexibility index (Phi) is 4.17. The number of amides is 1. The van der Waals surface area contributed by atoms with Crippen LogP contribution in [-0.4, -0.2) is 44.0 Å². The first kappa shape index (κ1) is 15.3. The van der Waals surface area contributed by atoms with Crippen molar-refractivity contribution in [3.8, 4) is 0 Å². The third-order valence-corrected chi connectivity index (χ3v) is 4.54. The van der Waals surface area contributed by atoms with Gasteiger partial charge in [0.2, 0.25) is 0 Å². The van der Waals surface area contributed by atoms with Gasteiger partial charge in [0.15, 0.2) is 0 Å². The molecule has 1 aliphatic rings. The van der Waals surface area contributed by atoms with Gasteiger partial charge >= 0.3 is 5.97 Å². The van der Waals surface area contributed by atoms with Gasteiger partial charge in [-0.1, -0.05) is 6.07 Å². The third-order valence-electron chi connectivity index (χ3n) is 3.32. The highest BCUT2D eigenvalue weighted by atomic mass is 32.2. The van der Waals surface area contributed by atoms with Gasteiger partial charge in [0.05, 0.1) is 10.3 Å². The highest BCUT2D eigenvalue weighted by Crippen LogP contribution is 2.32. The van der Waals surface area contributed by atoms with Gasteiger partial charge in [0.1, 0.15) is 11.6 Å². The maximum atomic E-state index is 12.6. The average Bonchev–Trinajstić information content (AvgIpc) is 2.79. The summed E-state index contributed by atoms with van der Waals surface area (Å²) in [4.78, 5) is 35.5. The summed E-state index contributed by atoms with van der Waals surface area (Å²) in [7, 11) is 0. The number of thioether (sulfide) groups is 1. The summed E-state index contributed by atoms with van der Waals surface area (Å²) in [5.41, 5.74) is 0.328. The molecular formula is C13H14N2O5S. The van der Waals surface area contributed by atoms with Crippen molar-refractivity contribution in [2.24, 2.45) is 0 Å². The molecule has 0 aliphatic carbocycles.